The van der Waals surface area contributed by atoms with E-state index in [2.05, 4.69) is 46.1 Å². The Morgan fingerprint density at radius 1 is 0.697 bits per heavy atom. The van der Waals surface area contributed by atoms with Crippen molar-refractivity contribution in [2.24, 2.45) is 0 Å². The van der Waals surface area contributed by atoms with Crippen molar-refractivity contribution >= 4 is 33.4 Å². The minimum absolute atomic E-state index is 0.703. The second kappa shape index (κ2) is 7.80. The number of aryl methyl sites for hydroxylation is 1. The number of aromatic amines is 1. The molecule has 6 heteroatoms. The average Bonchev–Trinajstić information content (AvgIpc) is 3.33. The molecule has 0 saturated carbocycles. The van der Waals surface area contributed by atoms with Crippen LogP contribution in [0.5, 0.6) is 0 Å². The number of nitrogens with one attached hydrogen (secondary N) is 1. The third-order valence-electron chi connectivity index (χ3n) is 5.93. The first kappa shape index (κ1) is 19.6. The minimum atomic E-state index is 0.703. The van der Waals surface area contributed by atoms with Gasteiger partial charge in [0.15, 0.2) is 0 Å². The van der Waals surface area contributed by atoms with E-state index in [1.54, 1.807) is 6.33 Å². The van der Waals surface area contributed by atoms with Crippen molar-refractivity contribution in [3.8, 4) is 33.8 Å². The van der Waals surface area contributed by atoms with Gasteiger partial charge in [-0.2, -0.15) is 0 Å². The van der Waals surface area contributed by atoms with Gasteiger partial charge in [-0.25, -0.2) is 9.97 Å². The maximum atomic E-state index is 6.11. The van der Waals surface area contributed by atoms with Gasteiger partial charge >= 0.3 is 0 Å². The zero-order chi connectivity index (χ0) is 22.4. The quantitative estimate of drug-likeness (QED) is 0.321. The van der Waals surface area contributed by atoms with E-state index in [-0.39, 0.29) is 0 Å². The van der Waals surface area contributed by atoms with E-state index >= 15 is 0 Å². The molecule has 158 valence electrons. The van der Waals surface area contributed by atoms with Crippen molar-refractivity contribution < 1.29 is 0 Å². The van der Waals surface area contributed by atoms with E-state index < -0.39 is 0 Å². The second-order valence-electron chi connectivity index (χ2n) is 7.88. The van der Waals surface area contributed by atoms with E-state index in [4.69, 9.17) is 21.6 Å². The predicted octanol–water partition coefficient (Wildman–Crippen LogP) is 6.86. The molecule has 6 rings (SSSR count). The Kier molecular flexibility index (Phi) is 4.63. The van der Waals surface area contributed by atoms with Gasteiger partial charge in [0.05, 0.1) is 17.1 Å². The largest absolute Gasteiger partial charge is 0.346 e. The maximum Gasteiger partial charge on any atom is 0.141 e. The smallest absolute Gasteiger partial charge is 0.141 e. The molecule has 1 N–H and O–H groups in total. The Hall–Kier alpha value is -4.09. The second-order valence-corrected chi connectivity index (χ2v) is 8.32. The lowest BCUT2D eigenvalue weighted by Crippen LogP contribution is -1.96. The molecule has 0 radical (unpaired) electrons. The molecule has 0 spiro atoms. The normalized spacial score (nSPS) is 11.3. The fraction of sp³-hybridized carbons (Fsp3) is 0.0370. The molecule has 2 aromatic carbocycles. The molecule has 0 atom stereocenters. The number of H-pyrrole nitrogens is 1. The van der Waals surface area contributed by atoms with Crippen molar-refractivity contribution in [1.82, 2.24) is 24.9 Å². The predicted molar refractivity (Wildman–Crippen MR) is 133 cm³/mol. The van der Waals surface area contributed by atoms with Gasteiger partial charge in [-0.15, -0.1) is 0 Å². The van der Waals surface area contributed by atoms with Crippen molar-refractivity contribution in [2.75, 3.05) is 0 Å². The summed E-state index contributed by atoms with van der Waals surface area (Å²) >= 11 is 6.11. The highest BCUT2D eigenvalue weighted by Crippen LogP contribution is 2.39. The molecule has 0 aliphatic carbocycles. The van der Waals surface area contributed by atoms with E-state index in [0.717, 1.165) is 61.1 Å². The highest BCUT2D eigenvalue weighted by atomic mass is 35.5. The third kappa shape index (κ3) is 3.25. The third-order valence-corrected chi connectivity index (χ3v) is 6.18. The van der Waals surface area contributed by atoms with Crippen molar-refractivity contribution in [2.45, 2.75) is 6.92 Å². The summed E-state index contributed by atoms with van der Waals surface area (Å²) in [5.74, 6) is 0. The summed E-state index contributed by atoms with van der Waals surface area (Å²) in [4.78, 5) is 21.7. The van der Waals surface area contributed by atoms with Crippen molar-refractivity contribution in [3.05, 3.63) is 96.2 Å². The molecule has 0 aliphatic rings. The van der Waals surface area contributed by atoms with Crippen LogP contribution in [0.2, 0.25) is 5.02 Å². The number of benzene rings is 2. The zero-order valence-corrected chi connectivity index (χ0v) is 18.5. The highest BCUT2D eigenvalue weighted by Gasteiger charge is 2.18. The van der Waals surface area contributed by atoms with Crippen molar-refractivity contribution in [3.63, 3.8) is 0 Å². The molecule has 0 saturated heterocycles. The average molecular weight is 448 g/mol. The van der Waals surface area contributed by atoms with Gasteiger partial charge in [-0.3, -0.25) is 9.97 Å². The molecule has 33 heavy (non-hydrogen) atoms. The molecule has 4 heterocycles. The number of fused-ring (bicyclic) bond motifs is 2. The summed E-state index contributed by atoms with van der Waals surface area (Å²) in [5, 5.41) is 3.82. The Balaban J connectivity index is 1.64. The lowest BCUT2D eigenvalue weighted by Gasteiger charge is -2.15. The molecule has 0 bridgehead atoms. The lowest BCUT2D eigenvalue weighted by atomic mass is 9.92. The molecule has 0 unspecified atom stereocenters. The van der Waals surface area contributed by atoms with Crippen LogP contribution in [0.25, 0.3) is 55.6 Å². The van der Waals surface area contributed by atoms with Gasteiger partial charge in [-0.1, -0.05) is 35.9 Å². The van der Waals surface area contributed by atoms with Crippen LogP contribution in [0.1, 0.15) is 5.56 Å². The fourth-order valence-corrected chi connectivity index (χ4v) is 4.52. The summed E-state index contributed by atoms with van der Waals surface area (Å²) in [6.45, 7) is 2.11. The highest BCUT2D eigenvalue weighted by molar-refractivity contribution is 6.30. The van der Waals surface area contributed by atoms with Crippen LogP contribution in [0.3, 0.4) is 0 Å². The van der Waals surface area contributed by atoms with Crippen LogP contribution >= 0.6 is 11.6 Å². The number of hydrogen-bond donors (Lipinski definition) is 1. The van der Waals surface area contributed by atoms with E-state index in [1.165, 1.54) is 0 Å². The number of halogens is 1. The minimum Gasteiger partial charge on any atom is -0.346 e. The Morgan fingerprint density at radius 2 is 1.55 bits per heavy atom. The van der Waals surface area contributed by atoms with Gasteiger partial charge in [0.1, 0.15) is 12.0 Å². The molecule has 6 aromatic rings. The van der Waals surface area contributed by atoms with Gasteiger partial charge in [0, 0.05) is 51.1 Å². The van der Waals surface area contributed by atoms with Crippen LogP contribution in [0.15, 0.2) is 85.6 Å². The SMILES string of the molecule is Cc1ccc2c(-c3ccc(Cl)cc3)nccc2c1-c1ncccc1-c1ncnc2[nH]ccc12. The number of rotatable bonds is 3. The summed E-state index contributed by atoms with van der Waals surface area (Å²) in [5.41, 5.74) is 7.65. The summed E-state index contributed by atoms with van der Waals surface area (Å²) in [6, 6.07) is 20.1. The van der Waals surface area contributed by atoms with Gasteiger partial charge in [-0.05, 0) is 54.3 Å². The maximum absolute atomic E-state index is 6.11. The number of pyridine rings is 2. The number of nitrogens with zero attached hydrogens (tertiary/aromatic N) is 4. The van der Waals surface area contributed by atoms with E-state index in [1.807, 2.05) is 55.0 Å². The molecular formula is C27H18ClN5. The van der Waals surface area contributed by atoms with Crippen LogP contribution in [-0.2, 0) is 0 Å². The summed E-state index contributed by atoms with van der Waals surface area (Å²) < 4.78 is 0. The van der Waals surface area contributed by atoms with Gasteiger partial charge in [0.2, 0.25) is 0 Å². The molecule has 5 nitrogen and oxygen atoms in total. The Bertz CT molecular complexity index is 1640. The first-order valence-electron chi connectivity index (χ1n) is 10.6. The van der Waals surface area contributed by atoms with Gasteiger partial charge < -0.3 is 4.98 Å². The Morgan fingerprint density at radius 3 is 2.42 bits per heavy atom. The molecule has 4 aromatic heterocycles. The first-order chi connectivity index (χ1) is 16.2. The Labute approximate surface area is 195 Å². The van der Waals surface area contributed by atoms with Crippen LogP contribution in [-0.4, -0.2) is 24.9 Å². The zero-order valence-electron chi connectivity index (χ0n) is 17.7. The summed E-state index contributed by atoms with van der Waals surface area (Å²) in [7, 11) is 0. The van der Waals surface area contributed by atoms with Gasteiger partial charge in [0.25, 0.3) is 0 Å². The standard InChI is InChI=1S/C27H18ClN5/c1-16-4-9-20-19(10-13-30-24(20)17-5-7-18(28)8-6-17)23(16)26-21(3-2-12-29-26)25-22-11-14-31-27(22)33-15-32-25/h2-15H,1H3,(H,31,32,33). The molecule has 0 fully saturated rings. The monoisotopic (exact) mass is 447 g/mol. The fourth-order valence-electron chi connectivity index (χ4n) is 4.40. The van der Waals surface area contributed by atoms with Crippen LogP contribution in [0, 0.1) is 6.92 Å². The number of hydrogen-bond acceptors (Lipinski definition) is 4. The number of aromatic nitrogens is 5. The van der Waals surface area contributed by atoms with Crippen LogP contribution < -0.4 is 0 Å². The topological polar surface area (TPSA) is 67.3 Å². The first-order valence-corrected chi connectivity index (χ1v) is 11.0. The van der Waals surface area contributed by atoms with Crippen LogP contribution in [0.4, 0.5) is 0 Å². The molecule has 0 amide bonds. The van der Waals surface area contributed by atoms with Crippen molar-refractivity contribution in [1.29, 1.82) is 0 Å². The van der Waals surface area contributed by atoms with E-state index in [9.17, 15) is 0 Å². The lowest BCUT2D eigenvalue weighted by molar-refractivity contribution is 1.20. The molecule has 0 aliphatic heterocycles. The summed E-state index contributed by atoms with van der Waals surface area (Å²) in [6.07, 6.45) is 7.15. The van der Waals surface area contributed by atoms with E-state index in [0.29, 0.717) is 5.02 Å². The molecular weight excluding hydrogens is 430 g/mol.